The fraction of sp³-hybridized carbons (Fsp3) is 0.533. The van der Waals surface area contributed by atoms with Crippen molar-refractivity contribution >= 4 is 6.03 Å². The average Bonchev–Trinajstić information content (AvgIpc) is 3.21. The number of aliphatic hydroxyl groups is 1. The van der Waals surface area contributed by atoms with Crippen LogP contribution in [0.2, 0.25) is 0 Å². The van der Waals surface area contributed by atoms with Crippen molar-refractivity contribution in [2.45, 2.75) is 25.8 Å². The zero-order valence-electron chi connectivity index (χ0n) is 12.2. The smallest absolute Gasteiger partial charge is 0.317 e. The molecule has 1 aliphatic carbocycles. The van der Waals surface area contributed by atoms with Crippen molar-refractivity contribution in [1.82, 2.24) is 10.2 Å². The van der Waals surface area contributed by atoms with E-state index in [-0.39, 0.29) is 18.1 Å². The number of hydrogen-bond donors (Lipinski definition) is 2. The molecule has 0 unspecified atom stereocenters. The number of nitrogens with zero attached hydrogens (tertiary/aromatic N) is 1. The van der Waals surface area contributed by atoms with E-state index in [0.29, 0.717) is 12.1 Å². The number of urea groups is 1. The van der Waals surface area contributed by atoms with Gasteiger partial charge in [0.1, 0.15) is 0 Å². The maximum Gasteiger partial charge on any atom is 0.317 e. The lowest BCUT2D eigenvalue weighted by molar-refractivity contribution is 0.160. The number of rotatable bonds is 5. The summed E-state index contributed by atoms with van der Waals surface area (Å²) in [7, 11) is 1.66. The van der Waals surface area contributed by atoms with E-state index in [4.69, 9.17) is 0 Å². The highest BCUT2D eigenvalue weighted by Crippen LogP contribution is 2.45. The van der Waals surface area contributed by atoms with Crippen molar-refractivity contribution in [3.63, 3.8) is 0 Å². The van der Waals surface area contributed by atoms with Crippen LogP contribution >= 0.6 is 0 Å². The summed E-state index contributed by atoms with van der Waals surface area (Å²) < 4.78 is 26.1. The molecule has 0 spiro atoms. The van der Waals surface area contributed by atoms with Gasteiger partial charge in [-0.15, -0.1) is 0 Å². The Kier molecular flexibility index (Phi) is 4.46. The molecule has 1 aromatic carbocycles. The zero-order valence-corrected chi connectivity index (χ0v) is 12.2. The van der Waals surface area contributed by atoms with Crippen molar-refractivity contribution in [3.05, 3.63) is 35.4 Å². The average molecular weight is 298 g/mol. The molecule has 2 N–H and O–H groups in total. The van der Waals surface area contributed by atoms with Crippen molar-refractivity contribution in [1.29, 1.82) is 0 Å². The summed E-state index contributed by atoms with van der Waals surface area (Å²) in [5.41, 5.74) is 0.344. The minimum atomic E-state index is -0.931. The first-order valence-corrected chi connectivity index (χ1v) is 6.94. The summed E-state index contributed by atoms with van der Waals surface area (Å²) in [6.07, 6.45) is 1.83. The maximum absolute atomic E-state index is 13.2. The van der Waals surface area contributed by atoms with Gasteiger partial charge in [-0.3, -0.25) is 0 Å². The molecule has 1 saturated carbocycles. The van der Waals surface area contributed by atoms with Gasteiger partial charge < -0.3 is 15.3 Å². The fourth-order valence-corrected chi connectivity index (χ4v) is 2.28. The molecule has 0 aromatic heterocycles. The standard InChI is InChI=1S/C15H20F2N2O2/c1-10(11-3-4-12(16)13(17)7-11)18-14(21)19(2)8-15(9-20)5-6-15/h3-4,7,10,20H,5-6,8-9H2,1-2H3,(H,18,21)/t10-/m0/s1. The molecule has 116 valence electrons. The van der Waals surface area contributed by atoms with Gasteiger partial charge in [-0.2, -0.15) is 0 Å². The summed E-state index contributed by atoms with van der Waals surface area (Å²) in [5, 5.41) is 12.0. The van der Waals surface area contributed by atoms with Crippen LogP contribution in [0.15, 0.2) is 18.2 Å². The molecule has 6 heteroatoms. The third-order valence-electron chi connectivity index (χ3n) is 4.00. The molecule has 2 rings (SSSR count). The largest absolute Gasteiger partial charge is 0.396 e. The van der Waals surface area contributed by atoms with Crippen molar-refractivity contribution in [2.24, 2.45) is 5.41 Å². The van der Waals surface area contributed by atoms with E-state index < -0.39 is 17.7 Å². The lowest BCUT2D eigenvalue weighted by Crippen LogP contribution is -2.42. The number of aliphatic hydroxyl groups excluding tert-OH is 1. The van der Waals surface area contributed by atoms with E-state index in [1.54, 1.807) is 14.0 Å². The highest BCUT2D eigenvalue weighted by Gasteiger charge is 2.43. The fourth-order valence-electron chi connectivity index (χ4n) is 2.28. The molecule has 0 aliphatic heterocycles. The Bertz CT molecular complexity index is 532. The van der Waals surface area contributed by atoms with Crippen LogP contribution in [0.25, 0.3) is 0 Å². The van der Waals surface area contributed by atoms with Crippen LogP contribution in [0, 0.1) is 17.0 Å². The molecule has 0 heterocycles. The first kappa shape index (κ1) is 15.7. The second-order valence-corrected chi connectivity index (χ2v) is 5.86. The van der Waals surface area contributed by atoms with Gasteiger partial charge in [-0.25, -0.2) is 13.6 Å². The van der Waals surface area contributed by atoms with Crippen LogP contribution in [-0.2, 0) is 0 Å². The second-order valence-electron chi connectivity index (χ2n) is 5.86. The molecule has 1 atom stereocenters. The van der Waals surface area contributed by atoms with Crippen LogP contribution in [-0.4, -0.2) is 36.2 Å². The van der Waals surface area contributed by atoms with E-state index in [9.17, 15) is 18.7 Å². The minimum Gasteiger partial charge on any atom is -0.396 e. The minimum absolute atomic E-state index is 0.0728. The Morgan fingerprint density at radius 1 is 1.43 bits per heavy atom. The summed E-state index contributed by atoms with van der Waals surface area (Å²) in [6.45, 7) is 2.26. The molecule has 2 amide bonds. The van der Waals surface area contributed by atoms with Crippen molar-refractivity contribution in [3.8, 4) is 0 Å². The van der Waals surface area contributed by atoms with Crippen LogP contribution in [0.3, 0.4) is 0 Å². The quantitative estimate of drug-likeness (QED) is 0.877. The van der Waals surface area contributed by atoms with Gasteiger partial charge in [0.2, 0.25) is 0 Å². The van der Waals surface area contributed by atoms with E-state index in [1.807, 2.05) is 0 Å². The monoisotopic (exact) mass is 298 g/mol. The Balaban J connectivity index is 1.93. The van der Waals surface area contributed by atoms with Gasteiger partial charge in [0.05, 0.1) is 12.6 Å². The third-order valence-corrected chi connectivity index (χ3v) is 4.00. The molecule has 1 aromatic rings. The molecule has 21 heavy (non-hydrogen) atoms. The van der Waals surface area contributed by atoms with Gasteiger partial charge in [-0.05, 0) is 37.5 Å². The number of carbonyl (C=O) groups is 1. The number of hydrogen-bond acceptors (Lipinski definition) is 2. The SMILES string of the molecule is C[C@H](NC(=O)N(C)CC1(CO)CC1)c1ccc(F)c(F)c1. The first-order chi connectivity index (χ1) is 9.87. The predicted molar refractivity (Wildman–Crippen MR) is 74.7 cm³/mol. The molecule has 4 nitrogen and oxygen atoms in total. The Morgan fingerprint density at radius 3 is 2.62 bits per heavy atom. The molecule has 0 saturated heterocycles. The summed E-state index contributed by atoms with van der Waals surface area (Å²) >= 11 is 0. The highest BCUT2D eigenvalue weighted by atomic mass is 19.2. The molecule has 0 bridgehead atoms. The van der Waals surface area contributed by atoms with Crippen LogP contribution in [0.1, 0.15) is 31.4 Å². The number of halogens is 2. The van der Waals surface area contributed by atoms with E-state index in [1.165, 1.54) is 11.0 Å². The summed E-state index contributed by atoms with van der Waals surface area (Å²) in [4.78, 5) is 13.6. The lowest BCUT2D eigenvalue weighted by Gasteiger charge is -2.25. The van der Waals surface area contributed by atoms with Crippen LogP contribution in [0.5, 0.6) is 0 Å². The molecule has 1 fully saturated rings. The molecule has 1 aliphatic rings. The molecular formula is C15H20F2N2O2. The van der Waals surface area contributed by atoms with E-state index in [0.717, 1.165) is 25.0 Å². The third kappa shape index (κ3) is 3.69. The van der Waals surface area contributed by atoms with Gasteiger partial charge >= 0.3 is 6.03 Å². The van der Waals surface area contributed by atoms with Crippen LogP contribution < -0.4 is 5.32 Å². The normalized spacial score (nSPS) is 17.2. The molecule has 0 radical (unpaired) electrons. The number of nitrogens with one attached hydrogen (secondary N) is 1. The van der Waals surface area contributed by atoms with Gasteiger partial charge in [0.15, 0.2) is 11.6 Å². The van der Waals surface area contributed by atoms with Crippen molar-refractivity contribution < 1.29 is 18.7 Å². The number of benzene rings is 1. The Morgan fingerprint density at radius 2 is 2.10 bits per heavy atom. The Labute approximate surface area is 122 Å². The second kappa shape index (κ2) is 5.97. The predicted octanol–water partition coefficient (Wildman–Crippen LogP) is 2.44. The van der Waals surface area contributed by atoms with E-state index in [2.05, 4.69) is 5.32 Å². The highest BCUT2D eigenvalue weighted by molar-refractivity contribution is 5.74. The summed E-state index contributed by atoms with van der Waals surface area (Å²) in [5.74, 6) is -1.84. The van der Waals surface area contributed by atoms with Crippen LogP contribution in [0.4, 0.5) is 13.6 Å². The van der Waals surface area contributed by atoms with Crippen molar-refractivity contribution in [2.75, 3.05) is 20.2 Å². The molecular weight excluding hydrogens is 278 g/mol. The van der Waals surface area contributed by atoms with Gasteiger partial charge in [0, 0.05) is 19.0 Å². The topological polar surface area (TPSA) is 52.6 Å². The van der Waals surface area contributed by atoms with Gasteiger partial charge in [-0.1, -0.05) is 6.07 Å². The Hall–Kier alpha value is -1.69. The zero-order chi connectivity index (χ0) is 15.6. The lowest BCUT2D eigenvalue weighted by atomic mass is 10.1. The van der Waals surface area contributed by atoms with E-state index >= 15 is 0 Å². The maximum atomic E-state index is 13.2. The summed E-state index contributed by atoms with van der Waals surface area (Å²) in [6, 6.07) is 2.84. The number of carbonyl (C=O) groups excluding carboxylic acids is 1. The first-order valence-electron chi connectivity index (χ1n) is 6.94. The number of amides is 2. The van der Waals surface area contributed by atoms with Gasteiger partial charge in [0.25, 0.3) is 0 Å².